The highest BCUT2D eigenvalue weighted by atomic mass is 19.4. The molecule has 42 heavy (non-hydrogen) atoms. The number of halogens is 9. The summed E-state index contributed by atoms with van der Waals surface area (Å²) in [6.07, 6.45) is -14.2. The Morgan fingerprint density at radius 1 is 0.786 bits per heavy atom. The number of nitrogens with zero attached hydrogens (tertiary/aromatic N) is 5. The second-order valence-corrected chi connectivity index (χ2v) is 9.71. The first-order valence-electron chi connectivity index (χ1n) is 13.1. The van der Waals surface area contributed by atoms with Gasteiger partial charge in [-0.15, -0.1) is 5.10 Å². The summed E-state index contributed by atoms with van der Waals surface area (Å²) in [5, 5.41) is 11.5. The highest BCUT2D eigenvalue weighted by Gasteiger charge is 2.37. The van der Waals surface area contributed by atoms with E-state index in [0.29, 0.717) is 30.5 Å². The van der Waals surface area contributed by atoms with Crippen LogP contribution in [0.25, 0.3) is 0 Å². The fourth-order valence-electron chi connectivity index (χ4n) is 4.71. The van der Waals surface area contributed by atoms with Crippen molar-refractivity contribution in [2.75, 3.05) is 11.5 Å². The van der Waals surface area contributed by atoms with E-state index in [2.05, 4.69) is 15.4 Å². The summed E-state index contributed by atoms with van der Waals surface area (Å²) in [4.78, 5) is 2.19. The van der Waals surface area contributed by atoms with E-state index >= 15 is 0 Å². The van der Waals surface area contributed by atoms with Crippen molar-refractivity contribution in [3.8, 4) is 0 Å². The molecule has 0 amide bonds. The van der Waals surface area contributed by atoms with E-state index in [1.165, 1.54) is 18.0 Å². The molecule has 0 bridgehead atoms. The van der Waals surface area contributed by atoms with Crippen LogP contribution in [0.2, 0.25) is 0 Å². The number of rotatable bonds is 11. The average Bonchev–Trinajstić information content (AvgIpc) is 3.33. The number of benzene rings is 2. The molecular weight excluding hydrogens is 581 g/mol. The first-order valence-corrected chi connectivity index (χ1v) is 13.1. The van der Waals surface area contributed by atoms with Crippen LogP contribution >= 0.6 is 0 Å². The first kappa shape index (κ1) is 33.1. The lowest BCUT2D eigenvalue weighted by Crippen LogP contribution is -2.27. The Labute approximate surface area is 236 Å². The Morgan fingerprint density at radius 3 is 1.81 bits per heavy atom. The summed E-state index contributed by atoms with van der Waals surface area (Å²) in [5.74, 6) is -0.288. The predicted octanol–water partition coefficient (Wildman–Crippen LogP) is 7.99. The van der Waals surface area contributed by atoms with Crippen molar-refractivity contribution in [3.63, 3.8) is 0 Å². The van der Waals surface area contributed by atoms with Crippen LogP contribution in [0.15, 0.2) is 36.4 Å². The van der Waals surface area contributed by atoms with Gasteiger partial charge in [0.2, 0.25) is 0 Å². The number of aromatic nitrogens is 4. The minimum absolute atomic E-state index is 0.00163. The maximum atomic E-state index is 13.8. The zero-order chi connectivity index (χ0) is 31.5. The molecule has 6 nitrogen and oxygen atoms in total. The quantitative estimate of drug-likeness (QED) is 0.206. The smallest absolute Gasteiger partial charge is 0.374 e. The van der Waals surface area contributed by atoms with Gasteiger partial charge in [0.1, 0.15) is 0 Å². The largest absolute Gasteiger partial charge is 0.416 e. The Morgan fingerprint density at radius 2 is 1.36 bits per heavy atom. The lowest BCUT2D eigenvalue weighted by molar-refractivity contribution is -0.143. The molecule has 232 valence electrons. The minimum atomic E-state index is -5.08. The van der Waals surface area contributed by atoms with Gasteiger partial charge in [-0.05, 0) is 65.1 Å². The van der Waals surface area contributed by atoms with Crippen LogP contribution < -0.4 is 4.90 Å². The number of tetrazole rings is 1. The summed E-state index contributed by atoms with van der Waals surface area (Å²) >= 11 is 0. The molecule has 0 N–H and O–H groups in total. The lowest BCUT2D eigenvalue weighted by Gasteiger charge is -2.30. The zero-order valence-electron chi connectivity index (χ0n) is 23.2. The third kappa shape index (κ3) is 8.13. The molecule has 0 saturated heterocycles. The van der Waals surface area contributed by atoms with Crippen molar-refractivity contribution in [2.45, 2.75) is 71.3 Å². The van der Waals surface area contributed by atoms with E-state index in [9.17, 15) is 39.5 Å². The van der Waals surface area contributed by atoms with E-state index in [1.807, 2.05) is 13.8 Å². The minimum Gasteiger partial charge on any atom is -0.374 e. The average molecular weight is 612 g/mol. The SMILES string of the molecule is CCOC(c1ccc(C(F)(F)F)cc1CN(Cc1cc(C(F)(F)F)cc(C(F)(F)F)c1)c1nnn(C)n1)C(CC)CC. The number of hydrogen-bond donors (Lipinski definition) is 0. The fourth-order valence-corrected chi connectivity index (χ4v) is 4.71. The van der Waals surface area contributed by atoms with E-state index in [0.717, 1.165) is 16.9 Å². The van der Waals surface area contributed by atoms with Gasteiger partial charge in [0.15, 0.2) is 0 Å². The maximum Gasteiger partial charge on any atom is 0.416 e. The Hall–Kier alpha value is -3.36. The van der Waals surface area contributed by atoms with Crippen molar-refractivity contribution < 1.29 is 44.3 Å². The van der Waals surface area contributed by atoms with Gasteiger partial charge in [0, 0.05) is 19.7 Å². The molecule has 1 heterocycles. The molecule has 1 unspecified atom stereocenters. The molecule has 0 radical (unpaired) electrons. The van der Waals surface area contributed by atoms with Gasteiger partial charge in [0.25, 0.3) is 5.95 Å². The Bertz CT molecular complexity index is 1300. The van der Waals surface area contributed by atoms with E-state index in [-0.39, 0.29) is 30.1 Å². The van der Waals surface area contributed by atoms with Crippen molar-refractivity contribution in [3.05, 3.63) is 69.8 Å². The zero-order valence-corrected chi connectivity index (χ0v) is 23.2. The molecule has 1 aromatic heterocycles. The van der Waals surface area contributed by atoms with E-state index in [1.54, 1.807) is 6.92 Å². The van der Waals surface area contributed by atoms with E-state index < -0.39 is 60.0 Å². The molecule has 3 aromatic rings. The lowest BCUT2D eigenvalue weighted by atomic mass is 9.87. The van der Waals surface area contributed by atoms with Crippen LogP contribution in [0.5, 0.6) is 0 Å². The van der Waals surface area contributed by atoms with Crippen molar-refractivity contribution in [1.82, 2.24) is 20.2 Å². The molecule has 0 fully saturated rings. The first-order chi connectivity index (χ1) is 19.5. The van der Waals surface area contributed by atoms with Gasteiger partial charge in [0.05, 0.1) is 29.8 Å². The molecule has 15 heteroatoms. The maximum absolute atomic E-state index is 13.8. The van der Waals surface area contributed by atoms with Crippen LogP contribution in [-0.4, -0.2) is 26.8 Å². The Balaban J connectivity index is 2.19. The monoisotopic (exact) mass is 611 g/mol. The second-order valence-electron chi connectivity index (χ2n) is 9.71. The van der Waals surface area contributed by atoms with Gasteiger partial charge in [-0.1, -0.05) is 37.9 Å². The van der Waals surface area contributed by atoms with Gasteiger partial charge in [-0.25, -0.2) is 0 Å². The standard InChI is InChI=1S/C27H30F9N5O/c1-5-17(6-2)23(42-7-3)22-9-8-19(25(28,29)30)12-18(22)15-41(24-37-39-40(4)38-24)14-16-10-20(26(31,32)33)13-21(11-16)27(34,35)36/h8-13,17,23H,5-7,14-15H2,1-4H3. The summed E-state index contributed by atoms with van der Waals surface area (Å²) in [6.45, 7) is 4.81. The topological polar surface area (TPSA) is 56.1 Å². The molecule has 2 aromatic carbocycles. The molecule has 0 aliphatic heterocycles. The summed E-state index contributed by atoms with van der Waals surface area (Å²) in [7, 11) is 1.38. The summed E-state index contributed by atoms with van der Waals surface area (Å²) < 4.78 is 128. The number of hydrogen-bond acceptors (Lipinski definition) is 5. The van der Waals surface area contributed by atoms with Gasteiger partial charge < -0.3 is 9.64 Å². The Kier molecular flexibility index (Phi) is 10.2. The highest BCUT2D eigenvalue weighted by Crippen LogP contribution is 2.39. The summed E-state index contributed by atoms with van der Waals surface area (Å²) in [6, 6.07) is 4.23. The third-order valence-electron chi connectivity index (χ3n) is 6.76. The van der Waals surface area contributed by atoms with Gasteiger partial charge >= 0.3 is 18.5 Å². The normalized spacial score (nSPS) is 13.6. The fraction of sp³-hybridized carbons (Fsp3) is 0.519. The predicted molar refractivity (Wildman–Crippen MR) is 135 cm³/mol. The number of anilines is 1. The summed E-state index contributed by atoms with van der Waals surface area (Å²) in [5.41, 5.74) is -3.92. The van der Waals surface area contributed by atoms with Gasteiger partial charge in [-0.3, -0.25) is 0 Å². The van der Waals surface area contributed by atoms with Crippen molar-refractivity contribution >= 4 is 5.95 Å². The van der Waals surface area contributed by atoms with Gasteiger partial charge in [-0.2, -0.15) is 44.3 Å². The molecule has 3 rings (SSSR count). The third-order valence-corrected chi connectivity index (χ3v) is 6.76. The number of alkyl halides is 9. The van der Waals surface area contributed by atoms with Crippen LogP contribution in [0.4, 0.5) is 45.5 Å². The highest BCUT2D eigenvalue weighted by molar-refractivity contribution is 5.42. The van der Waals surface area contributed by atoms with Crippen LogP contribution in [-0.2, 0) is 43.4 Å². The molecule has 0 aliphatic rings. The molecule has 1 atom stereocenters. The number of aryl methyl sites for hydroxylation is 1. The second kappa shape index (κ2) is 12.9. The molecule has 0 spiro atoms. The van der Waals surface area contributed by atoms with Crippen molar-refractivity contribution in [1.29, 1.82) is 0 Å². The molecule has 0 saturated carbocycles. The van der Waals surface area contributed by atoms with E-state index in [4.69, 9.17) is 4.74 Å². The molecule has 0 aliphatic carbocycles. The van der Waals surface area contributed by atoms with Crippen LogP contribution in [0, 0.1) is 5.92 Å². The number of ether oxygens (including phenoxy) is 1. The van der Waals surface area contributed by atoms with Crippen LogP contribution in [0.1, 0.15) is 73.1 Å². The molecular formula is C27H30F9N5O. The van der Waals surface area contributed by atoms with Crippen LogP contribution in [0.3, 0.4) is 0 Å². The van der Waals surface area contributed by atoms with Crippen molar-refractivity contribution in [2.24, 2.45) is 13.0 Å².